The van der Waals surface area contributed by atoms with E-state index < -0.39 is 11.8 Å². The maximum absolute atomic E-state index is 12.9. The van der Waals surface area contributed by atoms with E-state index in [1.165, 1.54) is 6.08 Å². The first kappa shape index (κ1) is 11.1. The van der Waals surface area contributed by atoms with Crippen LogP contribution in [0.25, 0.3) is 5.65 Å². The number of halogens is 1. The summed E-state index contributed by atoms with van der Waals surface area (Å²) < 4.78 is 18.8. The molecule has 0 aromatic carbocycles. The molecule has 0 aliphatic carbocycles. The van der Waals surface area contributed by atoms with E-state index in [1.807, 2.05) is 0 Å². The SMILES string of the molecule is C=CCOC(=O)c1c(N)nn2cc(F)cnc12. The Morgan fingerprint density at radius 3 is 3.18 bits per heavy atom. The second kappa shape index (κ2) is 4.20. The molecular weight excluding hydrogens is 227 g/mol. The molecule has 0 atom stereocenters. The van der Waals surface area contributed by atoms with Crippen LogP contribution in [0, 0.1) is 5.82 Å². The zero-order valence-electron chi connectivity index (χ0n) is 8.76. The summed E-state index contributed by atoms with van der Waals surface area (Å²) in [4.78, 5) is 15.4. The van der Waals surface area contributed by atoms with Gasteiger partial charge in [0.1, 0.15) is 12.2 Å². The maximum atomic E-state index is 12.9. The van der Waals surface area contributed by atoms with E-state index in [-0.39, 0.29) is 23.6 Å². The summed E-state index contributed by atoms with van der Waals surface area (Å²) in [6.07, 6.45) is 3.47. The fourth-order valence-electron chi connectivity index (χ4n) is 1.33. The van der Waals surface area contributed by atoms with Gasteiger partial charge in [0.15, 0.2) is 17.3 Å². The molecule has 0 spiro atoms. The topological polar surface area (TPSA) is 82.5 Å². The van der Waals surface area contributed by atoms with E-state index in [1.54, 1.807) is 0 Å². The Hall–Kier alpha value is -2.44. The molecule has 88 valence electrons. The van der Waals surface area contributed by atoms with Gasteiger partial charge in [-0.2, -0.15) is 0 Å². The van der Waals surface area contributed by atoms with Crippen LogP contribution in [-0.2, 0) is 4.74 Å². The molecule has 0 saturated heterocycles. The predicted molar refractivity (Wildman–Crippen MR) is 57.8 cm³/mol. The lowest BCUT2D eigenvalue weighted by Crippen LogP contribution is -2.07. The quantitative estimate of drug-likeness (QED) is 0.629. The van der Waals surface area contributed by atoms with Crippen molar-refractivity contribution in [3.8, 4) is 0 Å². The second-order valence-electron chi connectivity index (χ2n) is 3.19. The van der Waals surface area contributed by atoms with Gasteiger partial charge in [0, 0.05) is 0 Å². The summed E-state index contributed by atoms with van der Waals surface area (Å²) in [7, 11) is 0. The Morgan fingerprint density at radius 2 is 2.47 bits per heavy atom. The van der Waals surface area contributed by atoms with Crippen LogP contribution in [0.1, 0.15) is 10.4 Å². The third-order valence-corrected chi connectivity index (χ3v) is 2.00. The van der Waals surface area contributed by atoms with Gasteiger partial charge in [-0.3, -0.25) is 0 Å². The molecular formula is C10H9FN4O2. The lowest BCUT2D eigenvalue weighted by molar-refractivity contribution is 0.0553. The first-order chi connectivity index (χ1) is 8.13. The number of rotatable bonds is 3. The highest BCUT2D eigenvalue weighted by atomic mass is 19.1. The number of fused-ring (bicyclic) bond motifs is 1. The summed E-state index contributed by atoms with van der Waals surface area (Å²) >= 11 is 0. The summed E-state index contributed by atoms with van der Waals surface area (Å²) in [6, 6.07) is 0. The van der Waals surface area contributed by atoms with Crippen molar-refractivity contribution in [1.29, 1.82) is 0 Å². The van der Waals surface area contributed by atoms with Gasteiger partial charge in [-0.05, 0) is 0 Å². The van der Waals surface area contributed by atoms with Gasteiger partial charge in [-0.1, -0.05) is 12.7 Å². The molecule has 0 aliphatic rings. The van der Waals surface area contributed by atoms with Crippen molar-refractivity contribution >= 4 is 17.4 Å². The van der Waals surface area contributed by atoms with Crippen molar-refractivity contribution in [2.45, 2.75) is 0 Å². The highest BCUT2D eigenvalue weighted by molar-refractivity contribution is 6.00. The molecule has 2 aromatic rings. The Kier molecular flexibility index (Phi) is 2.73. The van der Waals surface area contributed by atoms with Gasteiger partial charge in [0.2, 0.25) is 0 Å². The van der Waals surface area contributed by atoms with Crippen molar-refractivity contribution < 1.29 is 13.9 Å². The number of esters is 1. The number of anilines is 1. The molecule has 0 amide bonds. The largest absolute Gasteiger partial charge is 0.458 e. The first-order valence-electron chi connectivity index (χ1n) is 4.71. The molecule has 0 saturated carbocycles. The first-order valence-corrected chi connectivity index (χ1v) is 4.71. The van der Waals surface area contributed by atoms with Crippen LogP contribution in [-0.4, -0.2) is 27.2 Å². The van der Waals surface area contributed by atoms with Crippen molar-refractivity contribution in [3.05, 3.63) is 36.4 Å². The molecule has 0 unspecified atom stereocenters. The van der Waals surface area contributed by atoms with Crippen LogP contribution >= 0.6 is 0 Å². The summed E-state index contributed by atoms with van der Waals surface area (Å²) in [5, 5.41) is 3.77. The minimum Gasteiger partial charge on any atom is -0.458 e. The molecule has 2 N–H and O–H groups in total. The van der Waals surface area contributed by atoms with Gasteiger partial charge in [0.05, 0.1) is 12.4 Å². The van der Waals surface area contributed by atoms with Crippen LogP contribution in [0.4, 0.5) is 10.2 Å². The van der Waals surface area contributed by atoms with E-state index in [2.05, 4.69) is 16.7 Å². The van der Waals surface area contributed by atoms with E-state index in [4.69, 9.17) is 10.5 Å². The minimum atomic E-state index is -0.670. The normalized spacial score (nSPS) is 10.4. The Balaban J connectivity index is 2.49. The van der Waals surface area contributed by atoms with E-state index >= 15 is 0 Å². The van der Waals surface area contributed by atoms with Gasteiger partial charge in [-0.25, -0.2) is 18.7 Å². The second-order valence-corrected chi connectivity index (χ2v) is 3.19. The standard InChI is InChI=1S/C10H9FN4O2/c1-2-3-17-10(16)7-8(12)14-15-5-6(11)4-13-9(7)15/h2,4-5H,1,3H2,(H2,12,14). The molecule has 6 nitrogen and oxygen atoms in total. The Labute approximate surface area is 95.5 Å². The predicted octanol–water partition coefficient (Wildman–Crippen LogP) is 0.793. The molecule has 17 heavy (non-hydrogen) atoms. The zero-order valence-corrected chi connectivity index (χ0v) is 8.76. The van der Waals surface area contributed by atoms with Crippen LogP contribution in [0.2, 0.25) is 0 Å². The number of carbonyl (C=O) groups is 1. The highest BCUT2D eigenvalue weighted by Crippen LogP contribution is 2.17. The number of ether oxygens (including phenoxy) is 1. The monoisotopic (exact) mass is 236 g/mol. The Morgan fingerprint density at radius 1 is 1.71 bits per heavy atom. The summed E-state index contributed by atoms with van der Waals surface area (Å²) in [6.45, 7) is 3.47. The van der Waals surface area contributed by atoms with Crippen LogP contribution in [0.5, 0.6) is 0 Å². The van der Waals surface area contributed by atoms with Gasteiger partial charge in [-0.15, -0.1) is 5.10 Å². The molecule has 0 bridgehead atoms. The number of aromatic nitrogens is 3. The van der Waals surface area contributed by atoms with Crippen LogP contribution in [0.15, 0.2) is 25.0 Å². The smallest absolute Gasteiger partial charge is 0.346 e. The third-order valence-electron chi connectivity index (χ3n) is 2.00. The van der Waals surface area contributed by atoms with Crippen molar-refractivity contribution in [2.75, 3.05) is 12.3 Å². The summed E-state index contributed by atoms with van der Waals surface area (Å²) in [5.74, 6) is -1.31. The summed E-state index contributed by atoms with van der Waals surface area (Å²) in [5.41, 5.74) is 5.73. The number of hydrogen-bond acceptors (Lipinski definition) is 5. The maximum Gasteiger partial charge on any atom is 0.346 e. The molecule has 0 radical (unpaired) electrons. The van der Waals surface area contributed by atoms with Crippen LogP contribution < -0.4 is 5.73 Å². The zero-order chi connectivity index (χ0) is 12.4. The van der Waals surface area contributed by atoms with E-state index in [0.717, 1.165) is 16.9 Å². The highest BCUT2D eigenvalue weighted by Gasteiger charge is 2.20. The molecule has 0 aliphatic heterocycles. The van der Waals surface area contributed by atoms with Crippen molar-refractivity contribution in [3.63, 3.8) is 0 Å². The minimum absolute atomic E-state index is 0.0202. The Bertz CT molecular complexity index is 593. The van der Waals surface area contributed by atoms with Crippen LogP contribution in [0.3, 0.4) is 0 Å². The molecule has 2 heterocycles. The van der Waals surface area contributed by atoms with Crippen molar-refractivity contribution in [2.24, 2.45) is 0 Å². The average molecular weight is 236 g/mol. The number of carbonyl (C=O) groups excluding carboxylic acids is 1. The molecule has 7 heteroatoms. The van der Waals surface area contributed by atoms with E-state index in [0.29, 0.717) is 0 Å². The van der Waals surface area contributed by atoms with Gasteiger partial charge >= 0.3 is 5.97 Å². The van der Waals surface area contributed by atoms with Gasteiger partial charge < -0.3 is 10.5 Å². The fourth-order valence-corrected chi connectivity index (χ4v) is 1.33. The number of hydrogen-bond donors (Lipinski definition) is 1. The third kappa shape index (κ3) is 1.94. The lowest BCUT2D eigenvalue weighted by Gasteiger charge is -1.99. The molecule has 0 fully saturated rings. The number of nitrogens with two attached hydrogens (primary N) is 1. The van der Waals surface area contributed by atoms with Gasteiger partial charge in [0.25, 0.3) is 0 Å². The number of nitrogen functional groups attached to an aromatic ring is 1. The number of nitrogens with zero attached hydrogens (tertiary/aromatic N) is 3. The molecule has 2 aromatic heterocycles. The van der Waals surface area contributed by atoms with Crippen molar-refractivity contribution in [1.82, 2.24) is 14.6 Å². The lowest BCUT2D eigenvalue weighted by atomic mass is 10.3. The average Bonchev–Trinajstić information content (AvgIpc) is 2.61. The fraction of sp³-hybridized carbons (Fsp3) is 0.100. The van der Waals surface area contributed by atoms with E-state index in [9.17, 15) is 9.18 Å². The molecule has 2 rings (SSSR count).